The molecule has 2 aromatic carbocycles. The molecule has 0 amide bonds. The van der Waals surface area contributed by atoms with Gasteiger partial charge in [-0.1, -0.05) is 30.3 Å². The summed E-state index contributed by atoms with van der Waals surface area (Å²) < 4.78 is 28.9. The van der Waals surface area contributed by atoms with Crippen LogP contribution in [0.2, 0.25) is 0 Å². The zero-order chi connectivity index (χ0) is 20.3. The summed E-state index contributed by atoms with van der Waals surface area (Å²) in [6.45, 7) is 1.43. The number of nitrogens with zero attached hydrogens (tertiary/aromatic N) is 1. The Morgan fingerprint density at radius 1 is 1.17 bits per heavy atom. The van der Waals surface area contributed by atoms with Crippen LogP contribution in [0.1, 0.15) is 24.0 Å². The zero-order valence-corrected chi connectivity index (χ0v) is 17.5. The van der Waals surface area contributed by atoms with Crippen molar-refractivity contribution in [1.29, 1.82) is 0 Å². The Balaban J connectivity index is 1.36. The maximum atomic E-state index is 11.6. The number of benzene rings is 2. The van der Waals surface area contributed by atoms with E-state index in [0.29, 0.717) is 18.9 Å². The highest BCUT2D eigenvalue weighted by Crippen LogP contribution is 2.30. The molecule has 154 valence electrons. The predicted octanol–water partition coefficient (Wildman–Crippen LogP) is 2.53. The van der Waals surface area contributed by atoms with E-state index in [4.69, 9.17) is 4.74 Å². The number of fused-ring (bicyclic) bond motifs is 1. The van der Waals surface area contributed by atoms with Crippen molar-refractivity contribution in [2.75, 3.05) is 25.2 Å². The van der Waals surface area contributed by atoms with E-state index in [2.05, 4.69) is 58.1 Å². The molecule has 2 aliphatic rings. The Morgan fingerprint density at radius 2 is 1.97 bits per heavy atom. The van der Waals surface area contributed by atoms with Crippen molar-refractivity contribution in [3.05, 3.63) is 53.6 Å². The number of aliphatic imine (C=N–C) groups is 1. The van der Waals surface area contributed by atoms with Gasteiger partial charge in [0.1, 0.15) is 5.75 Å². The lowest BCUT2D eigenvalue weighted by Crippen LogP contribution is -2.43. The van der Waals surface area contributed by atoms with Crippen LogP contribution >= 0.6 is 0 Å². The Hall–Kier alpha value is -2.54. The highest BCUT2D eigenvalue weighted by atomic mass is 32.2. The van der Waals surface area contributed by atoms with Crippen LogP contribution in [-0.2, 0) is 22.8 Å². The van der Waals surface area contributed by atoms with Crippen LogP contribution in [0.3, 0.4) is 0 Å². The molecule has 0 spiro atoms. The minimum Gasteiger partial charge on any atom is -0.493 e. The Kier molecular flexibility index (Phi) is 5.76. The van der Waals surface area contributed by atoms with E-state index in [1.807, 2.05) is 0 Å². The molecule has 2 aromatic rings. The van der Waals surface area contributed by atoms with Crippen LogP contribution in [0.4, 0.5) is 0 Å². The van der Waals surface area contributed by atoms with Crippen molar-refractivity contribution in [1.82, 2.24) is 10.6 Å². The number of hydrogen-bond donors (Lipinski definition) is 2. The maximum Gasteiger partial charge on any atom is 0.191 e. The van der Waals surface area contributed by atoms with Crippen LogP contribution < -0.4 is 15.4 Å². The normalized spacial score (nSPS) is 20.6. The summed E-state index contributed by atoms with van der Waals surface area (Å²) in [5, 5.41) is 6.47. The molecular weight excluding hydrogens is 386 g/mol. The average molecular weight is 414 g/mol. The standard InChI is InChI=1S/C22H27N3O3S/c1-23-22(25-20-10-12-29(26,27)15-20)24-14-16-4-6-17(7-5-16)18-8-9-21-19(13-18)3-2-11-28-21/h4-9,13,20H,2-3,10-12,14-15H2,1H3,(H2,23,24,25). The molecule has 0 aliphatic carbocycles. The zero-order valence-electron chi connectivity index (χ0n) is 16.6. The first-order valence-corrected chi connectivity index (χ1v) is 11.9. The van der Waals surface area contributed by atoms with Gasteiger partial charge >= 0.3 is 0 Å². The van der Waals surface area contributed by atoms with Crippen LogP contribution in [0, 0.1) is 0 Å². The highest BCUT2D eigenvalue weighted by molar-refractivity contribution is 7.91. The van der Waals surface area contributed by atoms with Gasteiger partial charge in [-0.3, -0.25) is 4.99 Å². The van der Waals surface area contributed by atoms with E-state index < -0.39 is 9.84 Å². The quantitative estimate of drug-likeness (QED) is 0.595. The number of nitrogens with one attached hydrogen (secondary N) is 2. The summed E-state index contributed by atoms with van der Waals surface area (Å²) in [5.74, 6) is 2.06. The Morgan fingerprint density at radius 3 is 2.69 bits per heavy atom. The smallest absolute Gasteiger partial charge is 0.191 e. The molecule has 2 N–H and O–H groups in total. The lowest BCUT2D eigenvalue weighted by Gasteiger charge is -2.18. The van der Waals surface area contributed by atoms with Crippen LogP contribution in [0.15, 0.2) is 47.5 Å². The van der Waals surface area contributed by atoms with Crippen LogP contribution in [0.25, 0.3) is 11.1 Å². The van der Waals surface area contributed by atoms with Gasteiger partial charge in [0.15, 0.2) is 15.8 Å². The van der Waals surface area contributed by atoms with E-state index in [9.17, 15) is 8.42 Å². The topological polar surface area (TPSA) is 79.8 Å². The first-order valence-electron chi connectivity index (χ1n) is 10.0. The second-order valence-corrected chi connectivity index (χ2v) is 9.87. The van der Waals surface area contributed by atoms with E-state index in [1.165, 1.54) is 16.7 Å². The fourth-order valence-corrected chi connectivity index (χ4v) is 5.51. The number of rotatable bonds is 4. The van der Waals surface area contributed by atoms with E-state index >= 15 is 0 Å². The number of sulfone groups is 1. The van der Waals surface area contributed by atoms with Crippen molar-refractivity contribution in [3.8, 4) is 16.9 Å². The first-order chi connectivity index (χ1) is 14.0. The van der Waals surface area contributed by atoms with Gasteiger partial charge in [-0.05, 0) is 53.6 Å². The van der Waals surface area contributed by atoms with Gasteiger partial charge in [-0.25, -0.2) is 8.42 Å². The number of ether oxygens (including phenoxy) is 1. The average Bonchev–Trinajstić information content (AvgIpc) is 3.09. The molecule has 1 saturated heterocycles. The second kappa shape index (κ2) is 8.45. The largest absolute Gasteiger partial charge is 0.493 e. The number of aryl methyl sites for hydroxylation is 1. The van der Waals surface area contributed by atoms with Gasteiger partial charge in [0.05, 0.1) is 18.1 Å². The third-order valence-electron chi connectivity index (χ3n) is 5.45. The summed E-state index contributed by atoms with van der Waals surface area (Å²) in [6, 6.07) is 14.8. The minimum atomic E-state index is -2.91. The minimum absolute atomic E-state index is 0.0680. The number of hydrogen-bond acceptors (Lipinski definition) is 4. The molecule has 4 rings (SSSR count). The number of guanidine groups is 1. The molecular formula is C22H27N3O3S. The van der Waals surface area contributed by atoms with E-state index in [-0.39, 0.29) is 17.5 Å². The summed E-state index contributed by atoms with van der Waals surface area (Å²) in [4.78, 5) is 4.21. The molecule has 0 aromatic heterocycles. The van der Waals surface area contributed by atoms with Crippen molar-refractivity contribution in [2.45, 2.75) is 31.8 Å². The van der Waals surface area contributed by atoms with Crippen LogP contribution in [-0.4, -0.2) is 45.6 Å². The molecule has 1 fully saturated rings. The summed E-state index contributed by atoms with van der Waals surface area (Å²) in [6.07, 6.45) is 2.77. The third kappa shape index (κ3) is 4.90. The molecule has 6 nitrogen and oxygen atoms in total. The third-order valence-corrected chi connectivity index (χ3v) is 7.22. The van der Waals surface area contributed by atoms with Crippen molar-refractivity contribution in [2.24, 2.45) is 4.99 Å². The second-order valence-electron chi connectivity index (χ2n) is 7.64. The van der Waals surface area contributed by atoms with E-state index in [0.717, 1.165) is 30.8 Å². The molecule has 2 heterocycles. The SMILES string of the molecule is CN=C(NCc1ccc(-c2ccc3c(c2)CCCO3)cc1)NC1CCS(=O)(=O)C1. The van der Waals surface area contributed by atoms with Gasteiger partial charge in [-0.2, -0.15) is 0 Å². The molecule has 1 atom stereocenters. The predicted molar refractivity (Wildman–Crippen MR) is 116 cm³/mol. The molecule has 7 heteroatoms. The molecule has 1 unspecified atom stereocenters. The lowest BCUT2D eigenvalue weighted by atomic mass is 9.98. The van der Waals surface area contributed by atoms with Crippen molar-refractivity contribution in [3.63, 3.8) is 0 Å². The monoisotopic (exact) mass is 413 g/mol. The van der Waals surface area contributed by atoms with Crippen molar-refractivity contribution >= 4 is 15.8 Å². The molecule has 0 radical (unpaired) electrons. The van der Waals surface area contributed by atoms with Gasteiger partial charge in [0.2, 0.25) is 0 Å². The highest BCUT2D eigenvalue weighted by Gasteiger charge is 2.28. The van der Waals surface area contributed by atoms with Gasteiger partial charge < -0.3 is 15.4 Å². The maximum absolute atomic E-state index is 11.6. The summed E-state index contributed by atoms with van der Waals surface area (Å²) >= 11 is 0. The summed E-state index contributed by atoms with van der Waals surface area (Å²) in [7, 11) is -1.21. The first kappa shape index (κ1) is 19.8. The lowest BCUT2D eigenvalue weighted by molar-refractivity contribution is 0.288. The molecule has 29 heavy (non-hydrogen) atoms. The Labute approximate surface area is 172 Å². The van der Waals surface area contributed by atoms with Gasteiger partial charge in [-0.15, -0.1) is 0 Å². The fourth-order valence-electron chi connectivity index (χ4n) is 3.84. The van der Waals surface area contributed by atoms with E-state index in [1.54, 1.807) is 7.05 Å². The molecule has 2 aliphatic heterocycles. The van der Waals surface area contributed by atoms with Crippen LogP contribution in [0.5, 0.6) is 5.75 Å². The Bertz CT molecular complexity index is 1000. The van der Waals surface area contributed by atoms with Crippen molar-refractivity contribution < 1.29 is 13.2 Å². The molecule has 0 saturated carbocycles. The van der Waals surface area contributed by atoms with Gasteiger partial charge in [0, 0.05) is 19.6 Å². The fraction of sp³-hybridized carbons (Fsp3) is 0.409. The molecule has 0 bridgehead atoms. The summed E-state index contributed by atoms with van der Waals surface area (Å²) in [5.41, 5.74) is 4.80. The van der Waals surface area contributed by atoms with Gasteiger partial charge in [0.25, 0.3) is 0 Å².